The van der Waals surface area contributed by atoms with Gasteiger partial charge in [0.1, 0.15) is 24.5 Å². The Bertz CT molecular complexity index is 1040. The number of alkyl carbamates (subject to hydrolysis) is 1. The molecule has 1 aromatic carbocycles. The molecule has 0 aliphatic carbocycles. The summed E-state index contributed by atoms with van der Waals surface area (Å²) in [6.07, 6.45) is 2.98. The van der Waals surface area contributed by atoms with Gasteiger partial charge in [0.25, 0.3) is 5.91 Å². The molecule has 2 unspecified atom stereocenters. The number of aryl methyl sites for hydroxylation is 1. The maximum atomic E-state index is 13.1. The molecule has 0 saturated heterocycles. The third kappa shape index (κ3) is 7.87. The molecule has 35 heavy (non-hydrogen) atoms. The van der Waals surface area contributed by atoms with Crippen LogP contribution in [0.25, 0.3) is 0 Å². The van der Waals surface area contributed by atoms with E-state index in [1.54, 1.807) is 26.1 Å². The van der Waals surface area contributed by atoms with Gasteiger partial charge in [-0.3, -0.25) is 14.4 Å². The number of nitrogens with zero attached hydrogens (tertiary/aromatic N) is 2. The number of fused-ring (bicyclic) bond motifs is 2. The van der Waals surface area contributed by atoms with E-state index in [1.165, 1.54) is 0 Å². The fourth-order valence-electron chi connectivity index (χ4n) is 3.64. The Morgan fingerprint density at radius 1 is 1.14 bits per heavy atom. The summed E-state index contributed by atoms with van der Waals surface area (Å²) in [5.41, 5.74) is 1.35. The van der Waals surface area contributed by atoms with Crippen LogP contribution in [0.1, 0.15) is 43.8 Å². The van der Waals surface area contributed by atoms with Crippen molar-refractivity contribution in [1.29, 1.82) is 0 Å². The molecule has 0 saturated carbocycles. The lowest BCUT2D eigenvalue weighted by atomic mass is 10.0. The fourth-order valence-corrected chi connectivity index (χ4v) is 3.64. The van der Waals surface area contributed by atoms with E-state index in [-0.39, 0.29) is 18.9 Å². The number of rotatable bonds is 6. The number of nitrogens with one attached hydrogen (secondary N) is 3. The van der Waals surface area contributed by atoms with Crippen molar-refractivity contribution in [3.05, 3.63) is 59.7 Å². The molecule has 10 nitrogen and oxygen atoms in total. The van der Waals surface area contributed by atoms with Crippen molar-refractivity contribution in [2.24, 2.45) is 5.92 Å². The van der Waals surface area contributed by atoms with E-state index < -0.39 is 35.8 Å². The van der Waals surface area contributed by atoms with Crippen molar-refractivity contribution in [3.63, 3.8) is 0 Å². The normalized spacial score (nSPS) is 17.4. The van der Waals surface area contributed by atoms with Gasteiger partial charge in [0, 0.05) is 31.3 Å². The average Bonchev–Trinajstić information content (AvgIpc) is 2.85. The SMILES string of the molecule is CC(C)C(NC(=O)OCc1ccccc1)C(=O)NC1Cc2ccnc(n2)CCCCNC(=O)C1=O. The lowest BCUT2D eigenvalue weighted by Crippen LogP contribution is -2.56. The minimum Gasteiger partial charge on any atom is -0.445 e. The van der Waals surface area contributed by atoms with Gasteiger partial charge in [0.15, 0.2) is 0 Å². The molecule has 2 aromatic rings. The van der Waals surface area contributed by atoms with Crippen LogP contribution in [-0.2, 0) is 38.6 Å². The molecule has 0 fully saturated rings. The van der Waals surface area contributed by atoms with Crippen molar-refractivity contribution in [1.82, 2.24) is 25.9 Å². The maximum Gasteiger partial charge on any atom is 0.408 e. The molecule has 186 valence electrons. The number of ketones is 1. The second kappa shape index (κ2) is 12.6. The molecule has 10 heteroatoms. The van der Waals surface area contributed by atoms with Gasteiger partial charge < -0.3 is 20.7 Å². The van der Waals surface area contributed by atoms with E-state index in [1.807, 2.05) is 30.3 Å². The van der Waals surface area contributed by atoms with Crippen LogP contribution in [0.15, 0.2) is 42.6 Å². The fraction of sp³-hybridized carbons (Fsp3) is 0.440. The summed E-state index contributed by atoms with van der Waals surface area (Å²) in [6.45, 7) is 3.91. The molecule has 0 spiro atoms. The Balaban J connectivity index is 1.70. The molecule has 1 aliphatic rings. The summed E-state index contributed by atoms with van der Waals surface area (Å²) in [7, 11) is 0. The van der Waals surface area contributed by atoms with Gasteiger partial charge in [0.05, 0.1) is 0 Å². The summed E-state index contributed by atoms with van der Waals surface area (Å²) >= 11 is 0. The van der Waals surface area contributed by atoms with E-state index in [0.29, 0.717) is 30.9 Å². The first kappa shape index (κ1) is 25.8. The number of Topliss-reactive ketones (excluding diaryl/α,β-unsaturated/α-hetero) is 1. The van der Waals surface area contributed by atoms with Crippen LogP contribution in [0.4, 0.5) is 4.79 Å². The maximum absolute atomic E-state index is 13.1. The highest BCUT2D eigenvalue weighted by atomic mass is 16.5. The van der Waals surface area contributed by atoms with Crippen LogP contribution < -0.4 is 16.0 Å². The van der Waals surface area contributed by atoms with E-state index in [4.69, 9.17) is 4.74 Å². The number of ether oxygens (including phenoxy) is 1. The van der Waals surface area contributed by atoms with Crippen LogP contribution >= 0.6 is 0 Å². The predicted molar refractivity (Wildman–Crippen MR) is 127 cm³/mol. The second-order valence-corrected chi connectivity index (χ2v) is 8.73. The Kier molecular flexibility index (Phi) is 9.28. The van der Waals surface area contributed by atoms with Gasteiger partial charge in [-0.25, -0.2) is 14.8 Å². The molecular weight excluding hydrogens is 450 g/mol. The highest BCUT2D eigenvalue weighted by Gasteiger charge is 2.32. The predicted octanol–water partition coefficient (Wildman–Crippen LogP) is 1.48. The Hall–Kier alpha value is -3.82. The molecule has 3 amide bonds. The van der Waals surface area contributed by atoms with Crippen molar-refractivity contribution >= 4 is 23.7 Å². The lowest BCUT2D eigenvalue weighted by molar-refractivity contribution is -0.140. The number of hydrogen-bond donors (Lipinski definition) is 3. The molecule has 3 rings (SSSR count). The molecule has 2 heterocycles. The van der Waals surface area contributed by atoms with Crippen LogP contribution in [0.2, 0.25) is 0 Å². The van der Waals surface area contributed by atoms with Crippen molar-refractivity contribution < 1.29 is 23.9 Å². The molecule has 1 aliphatic heterocycles. The number of carbonyl (C=O) groups excluding carboxylic acids is 4. The van der Waals surface area contributed by atoms with Crippen LogP contribution in [0, 0.1) is 5.92 Å². The first-order chi connectivity index (χ1) is 16.8. The molecular formula is C25H31N5O5. The second-order valence-electron chi connectivity index (χ2n) is 8.73. The van der Waals surface area contributed by atoms with Gasteiger partial charge in [-0.05, 0) is 30.4 Å². The molecule has 3 N–H and O–H groups in total. The Labute approximate surface area is 204 Å². The topological polar surface area (TPSA) is 139 Å². The van der Waals surface area contributed by atoms with Gasteiger partial charge in [-0.1, -0.05) is 44.2 Å². The third-order valence-electron chi connectivity index (χ3n) is 5.58. The number of aromatic nitrogens is 2. The van der Waals surface area contributed by atoms with Gasteiger partial charge in [-0.15, -0.1) is 0 Å². The van der Waals surface area contributed by atoms with Gasteiger partial charge >= 0.3 is 6.09 Å². The number of hydrogen-bond acceptors (Lipinski definition) is 7. The smallest absolute Gasteiger partial charge is 0.408 e. The summed E-state index contributed by atoms with van der Waals surface area (Å²) < 4.78 is 5.23. The molecule has 2 bridgehead atoms. The standard InChI is InChI=1S/C25H31N5O5/c1-16(2)21(30-25(34)35-15-17-8-4-3-5-9-17)23(32)29-19-14-18-11-13-26-20(28-18)10-6-7-12-27-24(33)22(19)31/h3-5,8-9,11,13,16,19,21H,6-7,10,12,14-15H2,1-2H3,(H,27,33)(H,29,32)(H,30,34). The first-order valence-corrected chi connectivity index (χ1v) is 11.7. The number of carbonyl (C=O) groups is 4. The number of amides is 3. The quantitative estimate of drug-likeness (QED) is 0.531. The minimum atomic E-state index is -1.15. The minimum absolute atomic E-state index is 0.0246. The Morgan fingerprint density at radius 2 is 1.91 bits per heavy atom. The zero-order valence-corrected chi connectivity index (χ0v) is 20.0. The van der Waals surface area contributed by atoms with Crippen molar-refractivity contribution in [2.75, 3.05) is 6.54 Å². The zero-order chi connectivity index (χ0) is 25.2. The van der Waals surface area contributed by atoms with Crippen molar-refractivity contribution in [3.8, 4) is 0 Å². The molecule has 2 atom stereocenters. The summed E-state index contributed by atoms with van der Waals surface area (Å²) in [6, 6.07) is 8.69. The van der Waals surface area contributed by atoms with E-state index >= 15 is 0 Å². The van der Waals surface area contributed by atoms with Crippen LogP contribution in [0.5, 0.6) is 0 Å². The van der Waals surface area contributed by atoms with Gasteiger partial charge in [-0.2, -0.15) is 0 Å². The average molecular weight is 482 g/mol. The van der Waals surface area contributed by atoms with Gasteiger partial charge in [0.2, 0.25) is 11.7 Å². The summed E-state index contributed by atoms with van der Waals surface area (Å²) in [5, 5.41) is 7.81. The van der Waals surface area contributed by atoms with E-state index in [0.717, 1.165) is 12.0 Å². The third-order valence-corrected chi connectivity index (χ3v) is 5.58. The summed E-state index contributed by atoms with van der Waals surface area (Å²) in [5.74, 6) is -1.78. The van der Waals surface area contributed by atoms with Crippen LogP contribution in [-0.4, -0.2) is 52.3 Å². The van der Waals surface area contributed by atoms with Crippen molar-refractivity contribution in [2.45, 2.75) is 58.2 Å². The number of benzene rings is 1. The highest BCUT2D eigenvalue weighted by molar-refractivity contribution is 6.38. The van der Waals surface area contributed by atoms with E-state index in [2.05, 4.69) is 25.9 Å². The zero-order valence-electron chi connectivity index (χ0n) is 20.0. The highest BCUT2D eigenvalue weighted by Crippen LogP contribution is 2.09. The van der Waals surface area contributed by atoms with E-state index in [9.17, 15) is 19.2 Å². The summed E-state index contributed by atoms with van der Waals surface area (Å²) in [4.78, 5) is 59.5. The lowest BCUT2D eigenvalue weighted by Gasteiger charge is -2.25. The monoisotopic (exact) mass is 481 g/mol. The Morgan fingerprint density at radius 3 is 2.66 bits per heavy atom. The first-order valence-electron chi connectivity index (χ1n) is 11.7. The largest absolute Gasteiger partial charge is 0.445 e. The molecule has 0 radical (unpaired) electrons. The molecule has 1 aromatic heterocycles. The van der Waals surface area contributed by atoms with Crippen LogP contribution in [0.3, 0.4) is 0 Å².